The Labute approximate surface area is 125 Å². The van der Waals surface area contributed by atoms with Crippen LogP contribution in [0.2, 0.25) is 0 Å². The highest BCUT2D eigenvalue weighted by Crippen LogP contribution is 2.38. The van der Waals surface area contributed by atoms with Gasteiger partial charge in [-0.3, -0.25) is 0 Å². The number of hydrogen-bond acceptors (Lipinski definition) is 7. The third kappa shape index (κ3) is 3.85. The van der Waals surface area contributed by atoms with Gasteiger partial charge >= 0.3 is 0 Å². The fourth-order valence-corrected chi connectivity index (χ4v) is 4.19. The number of thioether (sulfide) groups is 2. The zero-order valence-corrected chi connectivity index (χ0v) is 13.1. The van der Waals surface area contributed by atoms with Crippen molar-refractivity contribution in [3.8, 4) is 5.75 Å². The zero-order chi connectivity index (χ0) is 13.7. The van der Waals surface area contributed by atoms with Crippen molar-refractivity contribution in [2.24, 2.45) is 5.73 Å². The Bertz CT molecular complexity index is 532. The summed E-state index contributed by atoms with van der Waals surface area (Å²) in [7, 11) is 1.67. The predicted octanol–water partition coefficient (Wildman–Crippen LogP) is 3.06. The molecule has 0 saturated heterocycles. The van der Waals surface area contributed by atoms with Gasteiger partial charge in [0.05, 0.1) is 7.11 Å². The molecule has 2 aromatic rings. The SMILES string of the molecule is COc1cccc(C(CN)Sc2nnc(SC)s2)c1. The van der Waals surface area contributed by atoms with Crippen LogP contribution < -0.4 is 10.5 Å². The smallest absolute Gasteiger partial charge is 0.175 e. The van der Waals surface area contributed by atoms with Crippen molar-refractivity contribution >= 4 is 34.9 Å². The molecule has 0 fully saturated rings. The summed E-state index contributed by atoms with van der Waals surface area (Å²) >= 11 is 4.85. The average molecular weight is 313 g/mol. The molecule has 102 valence electrons. The standard InChI is InChI=1S/C12H15N3OS3/c1-16-9-5-3-4-8(6-9)10(7-13)18-12-15-14-11(17-2)19-12/h3-6,10H,7,13H2,1-2H3. The monoisotopic (exact) mass is 313 g/mol. The lowest BCUT2D eigenvalue weighted by Gasteiger charge is -2.13. The van der Waals surface area contributed by atoms with Gasteiger partial charge in [-0.25, -0.2) is 0 Å². The van der Waals surface area contributed by atoms with Crippen LogP contribution in [0.15, 0.2) is 32.9 Å². The number of ether oxygens (including phenoxy) is 1. The summed E-state index contributed by atoms with van der Waals surface area (Å²) in [5.74, 6) is 0.846. The highest BCUT2D eigenvalue weighted by Gasteiger charge is 2.15. The molecule has 0 aliphatic heterocycles. The van der Waals surface area contributed by atoms with Crippen molar-refractivity contribution in [3.63, 3.8) is 0 Å². The molecule has 0 amide bonds. The van der Waals surface area contributed by atoms with E-state index < -0.39 is 0 Å². The molecular formula is C12H15N3OS3. The molecule has 2 N–H and O–H groups in total. The van der Waals surface area contributed by atoms with Crippen LogP contribution in [0.3, 0.4) is 0 Å². The van der Waals surface area contributed by atoms with E-state index in [0.717, 1.165) is 20.0 Å². The van der Waals surface area contributed by atoms with E-state index in [1.165, 1.54) is 0 Å². The molecule has 7 heteroatoms. The Morgan fingerprint density at radius 2 is 2.16 bits per heavy atom. The van der Waals surface area contributed by atoms with Crippen molar-refractivity contribution in [2.75, 3.05) is 19.9 Å². The average Bonchev–Trinajstić information content (AvgIpc) is 2.92. The quantitative estimate of drug-likeness (QED) is 0.827. The summed E-state index contributed by atoms with van der Waals surface area (Å²) < 4.78 is 7.17. The Morgan fingerprint density at radius 3 is 2.79 bits per heavy atom. The predicted molar refractivity (Wildman–Crippen MR) is 82.3 cm³/mol. The van der Waals surface area contributed by atoms with Crippen LogP contribution in [-0.2, 0) is 0 Å². The minimum absolute atomic E-state index is 0.165. The molecule has 0 bridgehead atoms. The van der Waals surface area contributed by atoms with Gasteiger partial charge in [0, 0.05) is 11.8 Å². The Hall–Kier alpha value is -0.760. The first-order valence-corrected chi connectivity index (χ1v) is 8.57. The Balaban J connectivity index is 2.14. The van der Waals surface area contributed by atoms with E-state index >= 15 is 0 Å². The molecule has 1 atom stereocenters. The van der Waals surface area contributed by atoms with Crippen LogP contribution >= 0.6 is 34.9 Å². The first-order chi connectivity index (χ1) is 9.26. The van der Waals surface area contributed by atoms with E-state index in [0.29, 0.717) is 6.54 Å². The molecule has 1 unspecified atom stereocenters. The summed E-state index contributed by atoms with van der Waals surface area (Å²) in [5, 5.41) is 8.43. The van der Waals surface area contributed by atoms with Crippen LogP contribution in [0, 0.1) is 0 Å². The van der Waals surface area contributed by atoms with E-state index in [2.05, 4.69) is 16.3 Å². The van der Waals surface area contributed by atoms with Crippen LogP contribution in [0.5, 0.6) is 5.75 Å². The first kappa shape index (κ1) is 14.6. The maximum Gasteiger partial charge on any atom is 0.175 e. The second-order valence-electron chi connectivity index (χ2n) is 3.66. The molecule has 0 saturated carbocycles. The van der Waals surface area contributed by atoms with E-state index in [1.54, 1.807) is 42.0 Å². The van der Waals surface area contributed by atoms with Crippen LogP contribution in [0.1, 0.15) is 10.8 Å². The molecule has 4 nitrogen and oxygen atoms in total. The Kier molecular flexibility index (Phi) is 5.50. The number of rotatable bonds is 6. The van der Waals surface area contributed by atoms with Gasteiger partial charge in [-0.1, -0.05) is 47.0 Å². The van der Waals surface area contributed by atoms with Gasteiger partial charge in [-0.15, -0.1) is 10.2 Å². The molecule has 0 spiro atoms. The highest BCUT2D eigenvalue weighted by atomic mass is 32.2. The van der Waals surface area contributed by atoms with E-state index in [9.17, 15) is 0 Å². The van der Waals surface area contributed by atoms with Crippen molar-refractivity contribution in [3.05, 3.63) is 29.8 Å². The fraction of sp³-hybridized carbons (Fsp3) is 0.333. The van der Waals surface area contributed by atoms with Gasteiger partial charge in [-0.05, 0) is 24.0 Å². The molecular weight excluding hydrogens is 298 g/mol. The molecule has 19 heavy (non-hydrogen) atoms. The fourth-order valence-electron chi connectivity index (χ4n) is 1.54. The lowest BCUT2D eigenvalue weighted by molar-refractivity contribution is 0.414. The summed E-state index contributed by atoms with van der Waals surface area (Å²) in [6.07, 6.45) is 2.00. The maximum absolute atomic E-state index is 5.87. The minimum atomic E-state index is 0.165. The molecule has 0 aliphatic carbocycles. The normalized spacial score (nSPS) is 12.4. The first-order valence-electron chi connectivity index (χ1n) is 5.65. The molecule has 0 radical (unpaired) electrons. The lowest BCUT2D eigenvalue weighted by Crippen LogP contribution is -2.09. The lowest BCUT2D eigenvalue weighted by atomic mass is 10.1. The van der Waals surface area contributed by atoms with Gasteiger partial charge in [0.1, 0.15) is 5.75 Å². The number of nitrogens with two attached hydrogens (primary N) is 1. The van der Waals surface area contributed by atoms with Crippen LogP contribution in [0.4, 0.5) is 0 Å². The zero-order valence-electron chi connectivity index (χ0n) is 10.7. The molecule has 0 aliphatic rings. The largest absolute Gasteiger partial charge is 0.497 e. The molecule has 1 heterocycles. The maximum atomic E-state index is 5.87. The van der Waals surface area contributed by atoms with Crippen molar-refractivity contribution < 1.29 is 4.74 Å². The summed E-state index contributed by atoms with van der Waals surface area (Å²) in [6.45, 7) is 0.548. The van der Waals surface area contributed by atoms with Crippen molar-refractivity contribution in [1.82, 2.24) is 10.2 Å². The van der Waals surface area contributed by atoms with Crippen LogP contribution in [-0.4, -0.2) is 30.1 Å². The number of nitrogens with zero attached hydrogens (tertiary/aromatic N) is 2. The second kappa shape index (κ2) is 7.14. The van der Waals surface area contributed by atoms with E-state index in [4.69, 9.17) is 10.5 Å². The van der Waals surface area contributed by atoms with Gasteiger partial charge in [0.2, 0.25) is 0 Å². The van der Waals surface area contributed by atoms with Gasteiger partial charge in [0.25, 0.3) is 0 Å². The van der Waals surface area contributed by atoms with Crippen molar-refractivity contribution in [2.45, 2.75) is 13.9 Å². The van der Waals surface area contributed by atoms with Crippen LogP contribution in [0.25, 0.3) is 0 Å². The van der Waals surface area contributed by atoms with E-state index in [-0.39, 0.29) is 5.25 Å². The van der Waals surface area contributed by atoms with E-state index in [1.807, 2.05) is 24.5 Å². The molecule has 2 rings (SSSR count). The molecule has 1 aromatic heterocycles. The topological polar surface area (TPSA) is 61.0 Å². The third-order valence-electron chi connectivity index (χ3n) is 2.49. The summed E-state index contributed by atoms with van der Waals surface area (Å²) in [5.41, 5.74) is 7.02. The third-order valence-corrected chi connectivity index (χ3v) is 5.75. The number of aromatic nitrogens is 2. The van der Waals surface area contributed by atoms with Gasteiger partial charge in [0.15, 0.2) is 8.68 Å². The summed E-state index contributed by atoms with van der Waals surface area (Å²) in [6, 6.07) is 7.98. The van der Waals surface area contributed by atoms with Gasteiger partial charge in [-0.2, -0.15) is 0 Å². The summed E-state index contributed by atoms with van der Waals surface area (Å²) in [4.78, 5) is 0. The van der Waals surface area contributed by atoms with Crippen molar-refractivity contribution in [1.29, 1.82) is 0 Å². The number of benzene rings is 1. The Morgan fingerprint density at radius 1 is 1.37 bits per heavy atom. The number of hydrogen-bond donors (Lipinski definition) is 1. The minimum Gasteiger partial charge on any atom is -0.497 e. The highest BCUT2D eigenvalue weighted by molar-refractivity contribution is 8.03. The van der Waals surface area contributed by atoms with Gasteiger partial charge < -0.3 is 10.5 Å². The number of methoxy groups -OCH3 is 1. The molecule has 1 aromatic carbocycles. The second-order valence-corrected chi connectivity index (χ2v) is 7.14.